The first-order valence-electron chi connectivity index (χ1n) is 10.4. The number of para-hydroxylation sites is 2. The Labute approximate surface area is 180 Å². The molecule has 7 rings (SSSR count). The smallest absolute Gasteiger partial charge is 0.342 e. The minimum Gasteiger partial charge on any atom is -0.476 e. The summed E-state index contributed by atoms with van der Waals surface area (Å²) in [5.41, 5.74) is 9.62. The molecular weight excluding hydrogens is 383 g/mol. The summed E-state index contributed by atoms with van der Waals surface area (Å²) in [5.74, 6) is 0. The Morgan fingerprint density at radius 2 is 0.968 bits per heavy atom. The van der Waals surface area contributed by atoms with Gasteiger partial charge in [0.15, 0.2) is 0 Å². The van der Waals surface area contributed by atoms with Crippen LogP contribution >= 0.6 is 0 Å². The number of furan rings is 2. The van der Waals surface area contributed by atoms with Gasteiger partial charge in [-0.25, -0.2) is 0 Å². The topological polar surface area (TPSA) is 32.8 Å². The highest BCUT2D eigenvalue weighted by atomic mass is 16.3. The van der Waals surface area contributed by atoms with Crippen LogP contribution in [0.25, 0.3) is 0 Å². The lowest BCUT2D eigenvalue weighted by atomic mass is 9.38. The maximum absolute atomic E-state index is 6.10. The third-order valence-electron chi connectivity index (χ3n) is 6.21. The molecule has 146 valence electrons. The van der Waals surface area contributed by atoms with Crippen LogP contribution in [0.15, 0.2) is 112 Å². The SMILES string of the molecule is c1ccc(N2c3ccoc3B3c4occc4N(c4ccccc4)c4cccc2c43)cc1. The number of benzene rings is 3. The zero-order valence-corrected chi connectivity index (χ0v) is 16.6. The fourth-order valence-corrected chi connectivity index (χ4v) is 5.01. The number of nitrogens with zero attached hydrogens (tertiary/aromatic N) is 2. The van der Waals surface area contributed by atoms with Crippen molar-refractivity contribution in [2.24, 2.45) is 0 Å². The van der Waals surface area contributed by atoms with E-state index in [1.54, 1.807) is 12.5 Å². The van der Waals surface area contributed by atoms with Crippen molar-refractivity contribution < 1.29 is 8.83 Å². The van der Waals surface area contributed by atoms with Crippen molar-refractivity contribution in [1.82, 2.24) is 0 Å². The number of anilines is 6. The van der Waals surface area contributed by atoms with E-state index in [4.69, 9.17) is 8.83 Å². The van der Waals surface area contributed by atoms with E-state index in [-0.39, 0.29) is 6.71 Å². The quantitative estimate of drug-likeness (QED) is 0.385. The first-order valence-corrected chi connectivity index (χ1v) is 10.4. The fraction of sp³-hybridized carbons (Fsp3) is 0. The average molecular weight is 400 g/mol. The molecule has 5 aromatic rings. The Hall–Kier alpha value is -4.12. The van der Waals surface area contributed by atoms with Crippen LogP contribution in [0.2, 0.25) is 0 Å². The highest BCUT2D eigenvalue weighted by Gasteiger charge is 2.47. The molecule has 0 bridgehead atoms. The van der Waals surface area contributed by atoms with Gasteiger partial charge < -0.3 is 18.6 Å². The van der Waals surface area contributed by atoms with Gasteiger partial charge in [0.2, 0.25) is 0 Å². The fourth-order valence-electron chi connectivity index (χ4n) is 5.01. The van der Waals surface area contributed by atoms with Gasteiger partial charge in [0, 0.05) is 22.7 Å². The van der Waals surface area contributed by atoms with E-state index < -0.39 is 0 Å². The Balaban J connectivity index is 1.56. The van der Waals surface area contributed by atoms with Gasteiger partial charge in [-0.2, -0.15) is 0 Å². The third-order valence-corrected chi connectivity index (χ3v) is 6.21. The molecule has 4 nitrogen and oxygen atoms in total. The Morgan fingerprint density at radius 1 is 0.484 bits per heavy atom. The van der Waals surface area contributed by atoms with E-state index >= 15 is 0 Å². The van der Waals surface area contributed by atoms with Crippen LogP contribution in [0.5, 0.6) is 0 Å². The molecule has 0 N–H and O–H groups in total. The van der Waals surface area contributed by atoms with E-state index in [0.29, 0.717) is 0 Å². The summed E-state index contributed by atoms with van der Waals surface area (Å²) in [7, 11) is 0. The molecule has 0 radical (unpaired) electrons. The second kappa shape index (κ2) is 6.19. The number of hydrogen-bond donors (Lipinski definition) is 0. The summed E-state index contributed by atoms with van der Waals surface area (Å²) >= 11 is 0. The van der Waals surface area contributed by atoms with E-state index in [1.807, 2.05) is 24.3 Å². The molecule has 31 heavy (non-hydrogen) atoms. The molecule has 0 unspecified atom stereocenters. The number of fused-ring (bicyclic) bond motifs is 4. The van der Waals surface area contributed by atoms with Crippen molar-refractivity contribution in [3.8, 4) is 0 Å². The molecule has 5 heteroatoms. The molecule has 0 aliphatic carbocycles. The van der Waals surface area contributed by atoms with Crippen molar-refractivity contribution in [2.75, 3.05) is 9.80 Å². The summed E-state index contributed by atoms with van der Waals surface area (Å²) < 4.78 is 12.2. The minimum absolute atomic E-state index is 0.0823. The second-order valence-electron chi connectivity index (χ2n) is 7.83. The van der Waals surface area contributed by atoms with Crippen LogP contribution in [0, 0.1) is 0 Å². The molecule has 2 aliphatic heterocycles. The van der Waals surface area contributed by atoms with Crippen molar-refractivity contribution >= 4 is 57.6 Å². The van der Waals surface area contributed by atoms with Gasteiger partial charge in [-0.05, 0) is 54.0 Å². The maximum atomic E-state index is 6.10. The van der Waals surface area contributed by atoms with Crippen LogP contribution in [0.3, 0.4) is 0 Å². The molecule has 2 aliphatic rings. The van der Waals surface area contributed by atoms with Crippen molar-refractivity contribution in [1.29, 1.82) is 0 Å². The van der Waals surface area contributed by atoms with Gasteiger partial charge in [-0.15, -0.1) is 0 Å². The molecule has 0 saturated heterocycles. The Morgan fingerprint density at radius 3 is 1.45 bits per heavy atom. The monoisotopic (exact) mass is 400 g/mol. The normalized spacial score (nSPS) is 13.6. The molecule has 0 amide bonds. The van der Waals surface area contributed by atoms with E-state index in [0.717, 1.165) is 45.4 Å². The van der Waals surface area contributed by atoms with Crippen LogP contribution in [0.1, 0.15) is 0 Å². The summed E-state index contributed by atoms with van der Waals surface area (Å²) in [5, 5.41) is 0. The number of rotatable bonds is 2. The second-order valence-corrected chi connectivity index (χ2v) is 7.83. The zero-order valence-electron chi connectivity index (χ0n) is 16.6. The lowest BCUT2D eigenvalue weighted by molar-refractivity contribution is 0.588. The standard InChI is InChI=1S/C26H17BN2O2/c1-3-8-18(9-4-1)28-20-12-7-13-21-24(20)27(25-22(28)14-16-30-25)26-23(15-17-31-26)29(21)19-10-5-2-6-11-19/h1-17H. The zero-order chi connectivity index (χ0) is 20.4. The third kappa shape index (κ3) is 2.20. The van der Waals surface area contributed by atoms with E-state index in [1.165, 1.54) is 5.46 Å². The lowest BCUT2D eigenvalue weighted by Crippen LogP contribution is -2.60. The summed E-state index contributed by atoms with van der Waals surface area (Å²) in [4.78, 5) is 4.57. The largest absolute Gasteiger partial charge is 0.476 e. The van der Waals surface area contributed by atoms with Crippen LogP contribution < -0.4 is 26.6 Å². The first kappa shape index (κ1) is 16.7. The van der Waals surface area contributed by atoms with Gasteiger partial charge in [0.25, 0.3) is 0 Å². The van der Waals surface area contributed by atoms with Crippen LogP contribution in [0.4, 0.5) is 34.1 Å². The van der Waals surface area contributed by atoms with Gasteiger partial charge in [-0.1, -0.05) is 42.5 Å². The molecule has 0 saturated carbocycles. The average Bonchev–Trinajstić information content (AvgIpc) is 3.50. The molecule has 4 heterocycles. The Kier molecular flexibility index (Phi) is 3.33. The van der Waals surface area contributed by atoms with Crippen molar-refractivity contribution in [3.63, 3.8) is 0 Å². The summed E-state index contributed by atoms with van der Waals surface area (Å²) in [6.07, 6.45) is 3.55. The molecule has 3 aromatic carbocycles. The molecule has 0 fully saturated rings. The van der Waals surface area contributed by atoms with Crippen LogP contribution in [-0.2, 0) is 0 Å². The predicted molar refractivity (Wildman–Crippen MR) is 125 cm³/mol. The number of hydrogen-bond acceptors (Lipinski definition) is 4. The molecular formula is C26H17BN2O2. The van der Waals surface area contributed by atoms with Gasteiger partial charge in [-0.3, -0.25) is 0 Å². The maximum Gasteiger partial charge on any atom is 0.342 e. The van der Waals surface area contributed by atoms with Gasteiger partial charge in [0.05, 0.1) is 23.9 Å². The lowest BCUT2D eigenvalue weighted by Gasteiger charge is -2.40. The first-order chi connectivity index (χ1) is 15.4. The molecule has 0 spiro atoms. The van der Waals surface area contributed by atoms with Crippen molar-refractivity contribution in [2.45, 2.75) is 0 Å². The Bertz CT molecular complexity index is 1300. The molecule has 0 atom stereocenters. The highest BCUT2D eigenvalue weighted by molar-refractivity contribution is 6.98. The van der Waals surface area contributed by atoms with Gasteiger partial charge in [0.1, 0.15) is 11.3 Å². The predicted octanol–water partition coefficient (Wildman–Crippen LogP) is 4.96. The van der Waals surface area contributed by atoms with E-state index in [2.05, 4.69) is 76.5 Å². The molecule has 2 aromatic heterocycles. The van der Waals surface area contributed by atoms with Crippen LogP contribution in [-0.4, -0.2) is 6.71 Å². The summed E-state index contributed by atoms with van der Waals surface area (Å²) in [6, 6.07) is 31.5. The minimum atomic E-state index is -0.0823. The van der Waals surface area contributed by atoms with Gasteiger partial charge >= 0.3 is 6.71 Å². The van der Waals surface area contributed by atoms with E-state index in [9.17, 15) is 0 Å². The summed E-state index contributed by atoms with van der Waals surface area (Å²) in [6.45, 7) is -0.0823. The van der Waals surface area contributed by atoms with Crippen molar-refractivity contribution in [3.05, 3.63) is 104 Å². The highest BCUT2D eigenvalue weighted by Crippen LogP contribution is 2.43.